The topological polar surface area (TPSA) is 316 Å². The highest BCUT2D eigenvalue weighted by molar-refractivity contribution is 5.99. The van der Waals surface area contributed by atoms with Gasteiger partial charge in [0.25, 0.3) is 5.56 Å². The largest absolute Gasteiger partial charge is 0.458 e. The van der Waals surface area contributed by atoms with E-state index in [4.69, 9.17) is 62.8 Å². The molecule has 0 saturated carbocycles. The molecule has 0 radical (unpaired) electrons. The number of aromatic nitrogens is 2. The van der Waals surface area contributed by atoms with Crippen LogP contribution in [0.25, 0.3) is 22.3 Å². The SMILES string of the molecule is CC[C@@]1(O)C(=O)OCc2c1cc1n(c2=O)Cc2c-1nc1cc(F)c(C)c3c1c2[C@@H](NC(=O)OCc1ccc(NC(=O)[C@H](CCCCN)NC(=O)[C@H](Cc2ccccc2)NC(=O)CCOCCOCCOCCOCCOCCOCCOCCOCCOCCC(C)C)cc1)CC3. The van der Waals surface area contributed by atoms with E-state index in [0.29, 0.717) is 181 Å². The number of anilines is 1. The second kappa shape index (κ2) is 39.3. The molecule has 26 heteroatoms. The Hall–Kier alpha value is -7.34. The zero-order valence-electron chi connectivity index (χ0n) is 56.3. The van der Waals surface area contributed by atoms with Crippen LogP contribution in [-0.2, 0) is 109 Å². The predicted molar refractivity (Wildman–Crippen MR) is 357 cm³/mol. The van der Waals surface area contributed by atoms with E-state index in [0.717, 1.165) is 24.2 Å². The highest BCUT2D eigenvalue weighted by atomic mass is 19.1. The van der Waals surface area contributed by atoms with Crippen LogP contribution < -0.4 is 32.6 Å². The number of aliphatic hydroxyl groups is 1. The van der Waals surface area contributed by atoms with Gasteiger partial charge in [0.05, 0.1) is 147 Å². The molecule has 8 rings (SSSR count). The molecule has 0 unspecified atom stereocenters. The lowest BCUT2D eigenvalue weighted by Crippen LogP contribution is -2.53. The van der Waals surface area contributed by atoms with Gasteiger partial charge in [-0.1, -0.05) is 63.2 Å². The van der Waals surface area contributed by atoms with Crippen LogP contribution in [0.15, 0.2) is 71.5 Å². The molecule has 5 aromatic rings. The molecule has 530 valence electrons. The van der Waals surface area contributed by atoms with Gasteiger partial charge in [-0.05, 0) is 110 Å². The Kier molecular flexibility index (Phi) is 30.6. The molecule has 4 atom stereocenters. The number of unbranched alkanes of at least 4 members (excludes halogenated alkanes) is 1. The van der Waals surface area contributed by atoms with Gasteiger partial charge in [-0.25, -0.2) is 19.0 Å². The van der Waals surface area contributed by atoms with Gasteiger partial charge in [0.2, 0.25) is 17.7 Å². The number of nitrogens with two attached hydrogens (primary N) is 1. The summed E-state index contributed by atoms with van der Waals surface area (Å²) in [6.45, 7) is 15.5. The number of fused-ring (bicyclic) bond motifs is 5. The van der Waals surface area contributed by atoms with Crippen LogP contribution in [-0.4, -0.2) is 182 Å². The summed E-state index contributed by atoms with van der Waals surface area (Å²) in [7, 11) is 0. The second-order valence-electron chi connectivity index (χ2n) is 24.4. The lowest BCUT2D eigenvalue weighted by atomic mass is 9.81. The zero-order chi connectivity index (χ0) is 68.9. The molecule has 0 spiro atoms. The zero-order valence-corrected chi connectivity index (χ0v) is 56.3. The summed E-state index contributed by atoms with van der Waals surface area (Å²) in [5.74, 6) is -2.11. The third-order valence-corrected chi connectivity index (χ3v) is 17.1. The molecule has 4 amide bonds. The van der Waals surface area contributed by atoms with Crippen molar-refractivity contribution in [2.24, 2.45) is 11.7 Å². The van der Waals surface area contributed by atoms with Crippen molar-refractivity contribution >= 4 is 46.4 Å². The maximum Gasteiger partial charge on any atom is 0.407 e. The lowest BCUT2D eigenvalue weighted by Gasteiger charge is -2.31. The number of pyridine rings is 2. The van der Waals surface area contributed by atoms with Crippen molar-refractivity contribution in [3.8, 4) is 11.4 Å². The first kappa shape index (κ1) is 75.4. The van der Waals surface area contributed by atoms with Crippen LogP contribution >= 0.6 is 0 Å². The van der Waals surface area contributed by atoms with Crippen molar-refractivity contribution in [2.45, 2.75) is 129 Å². The molecule has 25 nitrogen and oxygen atoms in total. The number of nitrogens with one attached hydrogen (secondary N) is 4. The number of carbonyl (C=O) groups is 5. The number of nitrogens with zero attached hydrogens (tertiary/aromatic N) is 2. The highest BCUT2D eigenvalue weighted by Gasteiger charge is 2.46. The fourth-order valence-electron chi connectivity index (χ4n) is 11.7. The third-order valence-electron chi connectivity index (χ3n) is 17.1. The lowest BCUT2D eigenvalue weighted by molar-refractivity contribution is -0.172. The number of benzene rings is 3. The summed E-state index contributed by atoms with van der Waals surface area (Å²) in [4.78, 5) is 86.9. The summed E-state index contributed by atoms with van der Waals surface area (Å²) in [5, 5.41) is 23.8. The minimum atomic E-state index is -2.04. The standard InChI is InChI=1S/C71H96FN7O18/c1-5-71(86)55-42-61-65-53(44-79(61)68(83)54(55)46-96-69(71)84)64-57(19-18-52-48(4)56(72)43-59(76-65)63(52)64)78-70(85)97-45-50-14-16-51(17-15-50)74-66(81)58(13-9-10-22-73)77-67(82)60(41-49-11-7-6-8-12-49)75-62(80)21-24-88-26-28-90-30-32-92-34-36-94-38-40-95-39-37-93-35-33-91-31-29-89-27-25-87-23-20-47(2)3/h6-8,11-12,14-17,42-43,47,57-58,60,86H,5,9-10,13,18-41,44-46,73H2,1-4H3,(H,74,81)(H,75,80)(H,77,82)(H,78,85)/t57-,58-,60-,71-/m0/s1. The van der Waals surface area contributed by atoms with Crippen molar-refractivity contribution < 1.29 is 85.6 Å². The number of alkyl carbamates (subject to hydrolysis) is 1. The van der Waals surface area contributed by atoms with Crippen LogP contribution in [0.3, 0.4) is 0 Å². The van der Waals surface area contributed by atoms with Gasteiger partial charge in [-0.2, -0.15) is 0 Å². The van der Waals surface area contributed by atoms with E-state index < -0.39 is 64.9 Å². The van der Waals surface area contributed by atoms with Crippen molar-refractivity contribution in [3.63, 3.8) is 0 Å². The van der Waals surface area contributed by atoms with E-state index >= 15 is 4.39 Å². The van der Waals surface area contributed by atoms with Crippen LogP contribution in [0.1, 0.15) is 116 Å². The van der Waals surface area contributed by atoms with E-state index in [-0.39, 0.29) is 76.4 Å². The van der Waals surface area contributed by atoms with Gasteiger partial charge in [-0.15, -0.1) is 0 Å². The molecule has 3 aliphatic rings. The van der Waals surface area contributed by atoms with Gasteiger partial charge in [0.15, 0.2) is 5.60 Å². The van der Waals surface area contributed by atoms with E-state index in [1.54, 1.807) is 44.2 Å². The smallest absolute Gasteiger partial charge is 0.407 e. The Labute approximate surface area is 565 Å². The maximum atomic E-state index is 15.5. The molecule has 4 heterocycles. The van der Waals surface area contributed by atoms with Crippen LogP contribution in [0, 0.1) is 18.7 Å². The molecule has 7 N–H and O–H groups in total. The van der Waals surface area contributed by atoms with Gasteiger partial charge >= 0.3 is 12.1 Å². The van der Waals surface area contributed by atoms with Crippen molar-refractivity contribution in [3.05, 3.63) is 127 Å². The van der Waals surface area contributed by atoms with Gasteiger partial charge < -0.3 is 88.8 Å². The number of hydrogen-bond donors (Lipinski definition) is 6. The molecule has 0 saturated heterocycles. The fraction of sp³-hybridized carbons (Fsp3) is 0.563. The van der Waals surface area contributed by atoms with Gasteiger partial charge in [0.1, 0.15) is 31.1 Å². The minimum absolute atomic E-state index is 0.0267. The van der Waals surface area contributed by atoms with Crippen molar-refractivity contribution in [2.75, 3.05) is 131 Å². The predicted octanol–water partition coefficient (Wildman–Crippen LogP) is 6.31. The third kappa shape index (κ3) is 22.1. The molecule has 0 fully saturated rings. The van der Waals surface area contributed by atoms with E-state index in [1.165, 1.54) is 10.6 Å². The first-order valence-corrected chi connectivity index (χ1v) is 33.8. The van der Waals surface area contributed by atoms with Crippen LogP contribution in [0.2, 0.25) is 0 Å². The summed E-state index contributed by atoms with van der Waals surface area (Å²) in [5.41, 5.74) is 9.04. The Balaban J connectivity index is 0.726. The molecular formula is C71H96FN7O18. The fourth-order valence-corrected chi connectivity index (χ4v) is 11.7. The number of esters is 1. The van der Waals surface area contributed by atoms with Crippen molar-refractivity contribution in [1.29, 1.82) is 0 Å². The summed E-state index contributed by atoms with van der Waals surface area (Å²) in [6, 6.07) is 16.2. The van der Waals surface area contributed by atoms with E-state index in [1.807, 2.05) is 30.3 Å². The quantitative estimate of drug-likeness (QED) is 0.0180. The Morgan fingerprint density at radius 2 is 1.30 bits per heavy atom. The average Bonchev–Trinajstić information content (AvgIpc) is 1.66. The van der Waals surface area contributed by atoms with Crippen LogP contribution in [0.4, 0.5) is 14.9 Å². The minimum Gasteiger partial charge on any atom is -0.458 e. The number of aryl methyl sites for hydroxylation is 1. The first-order chi connectivity index (χ1) is 47.1. The Morgan fingerprint density at radius 1 is 0.711 bits per heavy atom. The summed E-state index contributed by atoms with van der Waals surface area (Å²) < 4.78 is 78.0. The molecule has 1 aliphatic carbocycles. The molecule has 2 aromatic heterocycles. The monoisotopic (exact) mass is 1350 g/mol. The number of hydrogen-bond acceptors (Lipinski definition) is 20. The van der Waals surface area contributed by atoms with Gasteiger partial charge in [-0.3, -0.25) is 19.2 Å². The molecule has 0 bridgehead atoms. The number of carbonyl (C=O) groups excluding carboxylic acids is 5. The molecule has 97 heavy (non-hydrogen) atoms. The Morgan fingerprint density at radius 3 is 1.88 bits per heavy atom. The van der Waals surface area contributed by atoms with E-state index in [9.17, 15) is 33.9 Å². The highest BCUT2D eigenvalue weighted by Crippen LogP contribution is 2.46. The normalized spacial score (nSPS) is 15.9. The van der Waals surface area contributed by atoms with Crippen molar-refractivity contribution in [1.82, 2.24) is 25.5 Å². The summed E-state index contributed by atoms with van der Waals surface area (Å²) >= 11 is 0. The number of rotatable bonds is 45. The Bertz CT molecular complexity index is 3430. The molecule has 3 aromatic carbocycles. The number of ether oxygens (including phenoxy) is 11. The number of halogens is 1. The maximum absolute atomic E-state index is 15.5. The molecule has 2 aliphatic heterocycles. The first-order valence-electron chi connectivity index (χ1n) is 33.8. The number of amides is 4. The second-order valence-corrected chi connectivity index (χ2v) is 24.4. The number of cyclic esters (lactones) is 1. The summed E-state index contributed by atoms with van der Waals surface area (Å²) in [6.07, 6.45) is 2.63. The van der Waals surface area contributed by atoms with Gasteiger partial charge in [0, 0.05) is 47.7 Å². The van der Waals surface area contributed by atoms with E-state index in [2.05, 4.69) is 35.1 Å². The average molecular weight is 1350 g/mol. The van der Waals surface area contributed by atoms with Crippen LogP contribution in [0.5, 0.6) is 0 Å². The molecular weight excluding hydrogens is 1260 g/mol.